The lowest BCUT2D eigenvalue weighted by atomic mass is 10.1. The number of amides is 1. The first kappa shape index (κ1) is 14.9. The Morgan fingerprint density at radius 1 is 1.48 bits per heavy atom. The fourth-order valence-corrected chi connectivity index (χ4v) is 2.09. The van der Waals surface area contributed by atoms with Crippen LogP contribution in [0.4, 0.5) is 16.4 Å². The maximum Gasteiger partial charge on any atom is 0.409 e. The third kappa shape index (κ3) is 4.01. The lowest BCUT2D eigenvalue weighted by Gasteiger charge is -2.31. The van der Waals surface area contributed by atoms with Crippen LogP contribution >= 0.6 is 0 Å². The van der Waals surface area contributed by atoms with Gasteiger partial charge in [0.25, 0.3) is 0 Å². The number of aromatic nitrogens is 2. The number of rotatable bonds is 4. The molecule has 1 N–H and O–H groups in total. The molecule has 1 aromatic rings. The Morgan fingerprint density at radius 3 is 2.62 bits per heavy atom. The van der Waals surface area contributed by atoms with Gasteiger partial charge in [0, 0.05) is 19.1 Å². The van der Waals surface area contributed by atoms with E-state index in [1.807, 2.05) is 0 Å². The SMILES string of the molecule is CCOC(=O)N1CCC(Nc2ncc([N+](=O)[O-])cn2)CC1. The highest BCUT2D eigenvalue weighted by atomic mass is 16.6. The number of ether oxygens (including phenoxy) is 1. The van der Waals surface area contributed by atoms with Crippen molar-refractivity contribution in [2.24, 2.45) is 0 Å². The minimum absolute atomic E-state index is 0.136. The van der Waals surface area contributed by atoms with Crippen molar-refractivity contribution in [1.29, 1.82) is 0 Å². The molecule has 21 heavy (non-hydrogen) atoms. The zero-order valence-electron chi connectivity index (χ0n) is 11.7. The van der Waals surface area contributed by atoms with Crippen molar-refractivity contribution in [3.05, 3.63) is 22.5 Å². The summed E-state index contributed by atoms with van der Waals surface area (Å²) in [7, 11) is 0. The molecule has 1 fully saturated rings. The summed E-state index contributed by atoms with van der Waals surface area (Å²) in [4.78, 5) is 31.0. The molecule has 9 heteroatoms. The van der Waals surface area contributed by atoms with Gasteiger partial charge in [-0.1, -0.05) is 0 Å². The number of nitrogens with one attached hydrogen (secondary N) is 1. The van der Waals surface area contributed by atoms with Gasteiger partial charge in [0.15, 0.2) is 0 Å². The number of hydrogen-bond acceptors (Lipinski definition) is 7. The molecule has 1 aliphatic rings. The monoisotopic (exact) mass is 295 g/mol. The van der Waals surface area contributed by atoms with Crippen molar-refractivity contribution in [2.45, 2.75) is 25.8 Å². The Morgan fingerprint density at radius 2 is 2.10 bits per heavy atom. The average Bonchev–Trinajstić information content (AvgIpc) is 2.49. The highest BCUT2D eigenvalue weighted by molar-refractivity contribution is 5.67. The highest BCUT2D eigenvalue weighted by Crippen LogP contribution is 2.16. The molecular formula is C12H17N5O4. The molecule has 2 heterocycles. The molecule has 0 spiro atoms. The van der Waals surface area contributed by atoms with Gasteiger partial charge in [-0.3, -0.25) is 10.1 Å². The van der Waals surface area contributed by atoms with Gasteiger partial charge in [0.1, 0.15) is 12.4 Å². The molecule has 1 amide bonds. The van der Waals surface area contributed by atoms with Gasteiger partial charge < -0.3 is 15.0 Å². The molecule has 114 valence electrons. The van der Waals surface area contributed by atoms with Crippen LogP contribution in [-0.4, -0.2) is 51.6 Å². The number of carbonyl (C=O) groups is 1. The Hall–Kier alpha value is -2.45. The molecule has 0 unspecified atom stereocenters. The van der Waals surface area contributed by atoms with E-state index in [9.17, 15) is 14.9 Å². The summed E-state index contributed by atoms with van der Waals surface area (Å²) in [5.41, 5.74) is -0.141. The van der Waals surface area contributed by atoms with E-state index in [-0.39, 0.29) is 17.8 Å². The van der Waals surface area contributed by atoms with Crippen LogP contribution in [0, 0.1) is 10.1 Å². The first-order valence-corrected chi connectivity index (χ1v) is 6.74. The molecule has 1 aromatic heterocycles. The topological polar surface area (TPSA) is 110 Å². The molecule has 0 aromatic carbocycles. The minimum Gasteiger partial charge on any atom is -0.450 e. The van der Waals surface area contributed by atoms with Gasteiger partial charge in [-0.15, -0.1) is 0 Å². The molecule has 0 aliphatic carbocycles. The first-order chi connectivity index (χ1) is 10.1. The summed E-state index contributed by atoms with van der Waals surface area (Å²) < 4.78 is 4.95. The normalized spacial score (nSPS) is 15.6. The Labute approximate surface area is 121 Å². The van der Waals surface area contributed by atoms with Crippen molar-refractivity contribution in [3.63, 3.8) is 0 Å². The fraction of sp³-hybridized carbons (Fsp3) is 0.583. The zero-order valence-corrected chi connectivity index (χ0v) is 11.7. The first-order valence-electron chi connectivity index (χ1n) is 6.74. The standard InChI is InChI=1S/C12H17N5O4/c1-2-21-12(18)16-5-3-9(4-6-16)15-11-13-7-10(8-14-11)17(19)20/h7-9H,2-6H2,1H3,(H,13,14,15). The summed E-state index contributed by atoms with van der Waals surface area (Å²) in [5, 5.41) is 13.6. The van der Waals surface area contributed by atoms with Gasteiger partial charge in [0.2, 0.25) is 5.95 Å². The van der Waals surface area contributed by atoms with Gasteiger partial charge in [-0.25, -0.2) is 14.8 Å². The van der Waals surface area contributed by atoms with E-state index in [4.69, 9.17) is 4.74 Å². The van der Waals surface area contributed by atoms with E-state index in [0.717, 1.165) is 12.8 Å². The number of likely N-dealkylation sites (tertiary alicyclic amines) is 1. The summed E-state index contributed by atoms with van der Waals surface area (Å²) in [6.45, 7) is 3.35. The molecular weight excluding hydrogens is 278 g/mol. The molecule has 0 radical (unpaired) electrons. The van der Waals surface area contributed by atoms with Crippen molar-refractivity contribution >= 4 is 17.7 Å². The summed E-state index contributed by atoms with van der Waals surface area (Å²) in [5.74, 6) is 0.357. The second kappa shape index (κ2) is 6.82. The zero-order chi connectivity index (χ0) is 15.2. The smallest absolute Gasteiger partial charge is 0.409 e. The predicted octanol–water partition coefficient (Wildman–Crippen LogP) is 1.42. The van der Waals surface area contributed by atoms with E-state index in [1.54, 1.807) is 11.8 Å². The molecule has 1 aliphatic heterocycles. The second-order valence-electron chi connectivity index (χ2n) is 4.63. The molecule has 9 nitrogen and oxygen atoms in total. The van der Waals surface area contributed by atoms with Crippen LogP contribution in [0.25, 0.3) is 0 Å². The lowest BCUT2D eigenvalue weighted by molar-refractivity contribution is -0.385. The van der Waals surface area contributed by atoms with E-state index >= 15 is 0 Å². The summed E-state index contributed by atoms with van der Waals surface area (Å²) in [6, 6.07) is 0.136. The molecule has 0 atom stereocenters. The molecule has 1 saturated heterocycles. The van der Waals surface area contributed by atoms with Crippen LogP contribution in [-0.2, 0) is 4.74 Å². The number of nitro groups is 1. The van der Waals surface area contributed by atoms with Crippen molar-refractivity contribution in [2.75, 3.05) is 25.0 Å². The van der Waals surface area contributed by atoms with Gasteiger partial charge >= 0.3 is 11.8 Å². The quantitative estimate of drug-likeness (QED) is 0.660. The van der Waals surface area contributed by atoms with E-state index in [1.165, 1.54) is 12.4 Å². The second-order valence-corrected chi connectivity index (χ2v) is 4.63. The van der Waals surface area contributed by atoms with Crippen LogP contribution < -0.4 is 5.32 Å². The van der Waals surface area contributed by atoms with Crippen LogP contribution in [0.1, 0.15) is 19.8 Å². The summed E-state index contributed by atoms with van der Waals surface area (Å²) in [6.07, 6.45) is 3.55. The fourth-order valence-electron chi connectivity index (χ4n) is 2.09. The Balaban J connectivity index is 1.83. The highest BCUT2D eigenvalue weighted by Gasteiger charge is 2.24. The molecule has 0 saturated carbocycles. The van der Waals surface area contributed by atoms with Gasteiger partial charge in [0.05, 0.1) is 11.5 Å². The molecule has 2 rings (SSSR count). The molecule has 0 bridgehead atoms. The number of carbonyl (C=O) groups excluding carboxylic acids is 1. The van der Waals surface area contributed by atoms with Crippen LogP contribution in [0.15, 0.2) is 12.4 Å². The third-order valence-electron chi connectivity index (χ3n) is 3.20. The summed E-state index contributed by atoms with van der Waals surface area (Å²) >= 11 is 0. The van der Waals surface area contributed by atoms with Crippen molar-refractivity contribution < 1.29 is 14.5 Å². The minimum atomic E-state index is -0.540. The van der Waals surface area contributed by atoms with Crippen LogP contribution in [0.2, 0.25) is 0 Å². The Bertz CT molecular complexity index is 499. The van der Waals surface area contributed by atoms with Gasteiger partial charge in [-0.05, 0) is 19.8 Å². The maximum atomic E-state index is 11.6. The van der Waals surface area contributed by atoms with Crippen LogP contribution in [0.5, 0.6) is 0 Å². The van der Waals surface area contributed by atoms with E-state index in [0.29, 0.717) is 25.6 Å². The average molecular weight is 295 g/mol. The number of piperidine rings is 1. The van der Waals surface area contributed by atoms with E-state index < -0.39 is 4.92 Å². The van der Waals surface area contributed by atoms with Crippen molar-refractivity contribution in [3.8, 4) is 0 Å². The number of hydrogen-bond donors (Lipinski definition) is 1. The third-order valence-corrected chi connectivity index (χ3v) is 3.20. The maximum absolute atomic E-state index is 11.6. The number of nitrogens with zero attached hydrogens (tertiary/aromatic N) is 4. The number of anilines is 1. The largest absolute Gasteiger partial charge is 0.450 e. The van der Waals surface area contributed by atoms with E-state index in [2.05, 4.69) is 15.3 Å². The predicted molar refractivity (Wildman–Crippen MR) is 73.9 cm³/mol. The lowest BCUT2D eigenvalue weighted by Crippen LogP contribution is -2.42. The Kier molecular flexibility index (Phi) is 4.85. The van der Waals surface area contributed by atoms with Crippen molar-refractivity contribution in [1.82, 2.24) is 14.9 Å². The van der Waals surface area contributed by atoms with Crippen LogP contribution in [0.3, 0.4) is 0 Å². The van der Waals surface area contributed by atoms with Gasteiger partial charge in [-0.2, -0.15) is 0 Å².